The smallest absolute Gasteiger partial charge is 0.338 e. The van der Waals surface area contributed by atoms with Crippen molar-refractivity contribution >= 4 is 22.7 Å². The minimum Gasteiger partial charge on any atom is -0.497 e. The minimum absolute atomic E-state index is 0.0831. The van der Waals surface area contributed by atoms with Gasteiger partial charge in [0.2, 0.25) is 6.29 Å². The molecule has 1 fully saturated rings. The number of rotatable bonds is 7. The average molecular weight is 497 g/mol. The molecule has 0 unspecified atom stereocenters. The first-order chi connectivity index (χ1) is 17.3. The maximum absolute atomic E-state index is 12.9. The van der Waals surface area contributed by atoms with E-state index in [0.29, 0.717) is 16.9 Å². The highest BCUT2D eigenvalue weighted by atomic mass is 16.7. The predicted molar refractivity (Wildman–Crippen MR) is 128 cm³/mol. The van der Waals surface area contributed by atoms with Crippen LogP contribution in [0, 0.1) is 0 Å². The van der Waals surface area contributed by atoms with E-state index in [-0.39, 0.29) is 6.61 Å². The van der Waals surface area contributed by atoms with Crippen molar-refractivity contribution in [3.8, 4) is 5.75 Å². The Morgan fingerprint density at radius 2 is 1.61 bits per heavy atom. The first-order valence-electron chi connectivity index (χ1n) is 11.5. The molecule has 0 saturated carbocycles. The van der Waals surface area contributed by atoms with Crippen molar-refractivity contribution in [2.45, 2.75) is 50.2 Å². The van der Waals surface area contributed by atoms with Gasteiger partial charge in [0.1, 0.15) is 30.7 Å². The molecular weight excluding hydrogens is 468 g/mol. The van der Waals surface area contributed by atoms with Crippen LogP contribution in [0.5, 0.6) is 5.75 Å². The molecule has 0 radical (unpaired) electrons. The highest BCUT2D eigenvalue weighted by molar-refractivity contribution is 5.87. The summed E-state index contributed by atoms with van der Waals surface area (Å²) in [5.41, 5.74) is 1.37. The van der Waals surface area contributed by atoms with Gasteiger partial charge in [-0.1, -0.05) is 54.6 Å². The molecule has 3 aromatic rings. The Morgan fingerprint density at radius 3 is 2.33 bits per heavy atom. The standard InChI is InChI=1S/C27H28O9/c1-15(17-8-9-19-13-20(33-2)11-10-18(19)12-17)25(31)36-27-23(30)21(28)22(29)24(35-27)26(32)34-14-16-6-4-3-5-7-16/h3-13,15,21-24,27-30H,14H2,1-2H3/t15-,21-,22-,23+,24-,27-/m0/s1. The Balaban J connectivity index is 1.43. The minimum atomic E-state index is -1.79. The second kappa shape index (κ2) is 11.0. The highest BCUT2D eigenvalue weighted by Crippen LogP contribution is 2.28. The number of benzene rings is 3. The van der Waals surface area contributed by atoms with E-state index in [2.05, 4.69) is 0 Å². The van der Waals surface area contributed by atoms with E-state index in [4.69, 9.17) is 18.9 Å². The summed E-state index contributed by atoms with van der Waals surface area (Å²) in [6, 6.07) is 19.9. The van der Waals surface area contributed by atoms with Crippen LogP contribution in [0.25, 0.3) is 10.8 Å². The van der Waals surface area contributed by atoms with E-state index >= 15 is 0 Å². The number of carbonyl (C=O) groups is 2. The topological polar surface area (TPSA) is 132 Å². The fraction of sp³-hybridized carbons (Fsp3) is 0.333. The number of esters is 2. The summed E-state index contributed by atoms with van der Waals surface area (Å²) in [4.78, 5) is 25.4. The van der Waals surface area contributed by atoms with Crippen molar-refractivity contribution in [1.29, 1.82) is 0 Å². The van der Waals surface area contributed by atoms with Crippen LogP contribution in [0.4, 0.5) is 0 Å². The second-order valence-electron chi connectivity index (χ2n) is 8.62. The molecule has 3 N–H and O–H groups in total. The van der Waals surface area contributed by atoms with E-state index in [9.17, 15) is 24.9 Å². The Morgan fingerprint density at radius 1 is 0.917 bits per heavy atom. The largest absolute Gasteiger partial charge is 0.497 e. The van der Waals surface area contributed by atoms with Crippen molar-refractivity contribution in [2.24, 2.45) is 0 Å². The van der Waals surface area contributed by atoms with Crippen LogP contribution < -0.4 is 4.74 Å². The first-order valence-corrected chi connectivity index (χ1v) is 11.5. The molecule has 0 bridgehead atoms. The van der Waals surface area contributed by atoms with Crippen LogP contribution in [0.15, 0.2) is 66.7 Å². The highest BCUT2D eigenvalue weighted by Gasteiger charge is 2.49. The van der Waals surface area contributed by atoms with Crippen molar-refractivity contribution < 1.29 is 43.9 Å². The van der Waals surface area contributed by atoms with Crippen LogP contribution in [0.2, 0.25) is 0 Å². The van der Waals surface area contributed by atoms with Gasteiger partial charge >= 0.3 is 11.9 Å². The molecule has 1 aliphatic heterocycles. The van der Waals surface area contributed by atoms with E-state index in [0.717, 1.165) is 10.8 Å². The molecule has 0 aliphatic carbocycles. The zero-order valence-electron chi connectivity index (χ0n) is 19.8. The summed E-state index contributed by atoms with van der Waals surface area (Å²) < 4.78 is 21.1. The van der Waals surface area contributed by atoms with Gasteiger partial charge in [0.25, 0.3) is 0 Å². The summed E-state index contributed by atoms with van der Waals surface area (Å²) in [5.74, 6) is -1.74. The lowest BCUT2D eigenvalue weighted by atomic mass is 9.97. The van der Waals surface area contributed by atoms with Gasteiger partial charge in [-0.3, -0.25) is 4.79 Å². The summed E-state index contributed by atoms with van der Waals surface area (Å²) in [6.07, 6.45) is -8.67. The summed E-state index contributed by atoms with van der Waals surface area (Å²) >= 11 is 0. The van der Waals surface area contributed by atoms with Gasteiger partial charge in [0.15, 0.2) is 6.10 Å². The first kappa shape index (κ1) is 25.6. The Labute approximate surface area is 207 Å². The number of fused-ring (bicyclic) bond motifs is 1. The van der Waals surface area contributed by atoms with Crippen LogP contribution in [0.3, 0.4) is 0 Å². The van der Waals surface area contributed by atoms with E-state index in [1.807, 2.05) is 36.4 Å². The zero-order chi connectivity index (χ0) is 25.8. The molecule has 1 heterocycles. The zero-order valence-corrected chi connectivity index (χ0v) is 19.8. The van der Waals surface area contributed by atoms with Crippen molar-refractivity contribution in [2.75, 3.05) is 7.11 Å². The molecule has 36 heavy (non-hydrogen) atoms. The predicted octanol–water partition coefficient (Wildman–Crippen LogP) is 2.05. The molecule has 9 heteroatoms. The summed E-state index contributed by atoms with van der Waals surface area (Å²) in [5, 5.41) is 32.7. The molecule has 0 aromatic heterocycles. The lowest BCUT2D eigenvalue weighted by Gasteiger charge is -2.38. The van der Waals surface area contributed by atoms with Crippen molar-refractivity contribution in [3.63, 3.8) is 0 Å². The third kappa shape index (κ3) is 5.50. The number of aliphatic hydroxyl groups excluding tert-OH is 3. The quantitative estimate of drug-likeness (QED) is 0.421. The molecule has 1 aliphatic rings. The SMILES string of the molecule is COc1ccc2cc([C@H](C)C(=O)O[C@@H]3O[C@H](C(=O)OCc4ccccc4)[C@@H](O)[C@H](O)[C@H]3O)ccc2c1. The number of carbonyl (C=O) groups excluding carboxylic acids is 2. The maximum Gasteiger partial charge on any atom is 0.338 e. The van der Waals surface area contributed by atoms with Gasteiger partial charge in [-0.15, -0.1) is 0 Å². The Kier molecular flexibility index (Phi) is 7.85. The third-order valence-corrected chi connectivity index (χ3v) is 6.18. The fourth-order valence-electron chi connectivity index (χ4n) is 3.94. The molecule has 190 valence electrons. The maximum atomic E-state index is 12.9. The van der Waals surface area contributed by atoms with Gasteiger partial charge in [-0.2, -0.15) is 0 Å². The average Bonchev–Trinajstić information content (AvgIpc) is 2.91. The fourth-order valence-corrected chi connectivity index (χ4v) is 3.94. The third-order valence-electron chi connectivity index (χ3n) is 6.18. The van der Waals surface area contributed by atoms with Crippen molar-refractivity contribution in [3.05, 3.63) is 77.9 Å². The monoisotopic (exact) mass is 496 g/mol. The Hall–Kier alpha value is -3.50. The molecule has 0 spiro atoms. The van der Waals surface area contributed by atoms with Crippen molar-refractivity contribution in [1.82, 2.24) is 0 Å². The molecular formula is C27H28O9. The van der Waals surface area contributed by atoms with Gasteiger partial charge in [-0.05, 0) is 41.0 Å². The van der Waals surface area contributed by atoms with Crippen LogP contribution in [-0.2, 0) is 30.4 Å². The van der Waals surface area contributed by atoms with Crippen LogP contribution >= 0.6 is 0 Å². The molecule has 6 atom stereocenters. The number of hydrogen-bond donors (Lipinski definition) is 3. The molecule has 1 saturated heterocycles. The Bertz CT molecular complexity index is 1210. The molecule has 9 nitrogen and oxygen atoms in total. The number of ether oxygens (including phenoxy) is 4. The van der Waals surface area contributed by atoms with Gasteiger partial charge < -0.3 is 34.3 Å². The number of aliphatic hydroxyl groups is 3. The molecule has 0 amide bonds. The normalized spacial score (nSPS) is 24.6. The summed E-state index contributed by atoms with van der Waals surface area (Å²) in [6.45, 7) is 1.54. The van der Waals surface area contributed by atoms with E-state index in [1.165, 1.54) is 0 Å². The number of hydrogen-bond acceptors (Lipinski definition) is 9. The lowest BCUT2D eigenvalue weighted by Crippen LogP contribution is -2.61. The molecule has 3 aromatic carbocycles. The van der Waals surface area contributed by atoms with Crippen LogP contribution in [0.1, 0.15) is 24.0 Å². The van der Waals surface area contributed by atoms with Gasteiger partial charge in [0, 0.05) is 0 Å². The summed E-state index contributed by atoms with van der Waals surface area (Å²) in [7, 11) is 1.58. The number of methoxy groups -OCH3 is 1. The van der Waals surface area contributed by atoms with E-state index in [1.54, 1.807) is 44.4 Å². The van der Waals surface area contributed by atoms with Gasteiger partial charge in [0.05, 0.1) is 13.0 Å². The van der Waals surface area contributed by atoms with E-state index < -0.39 is 48.6 Å². The van der Waals surface area contributed by atoms with Crippen LogP contribution in [-0.4, -0.2) is 65.1 Å². The second-order valence-corrected chi connectivity index (χ2v) is 8.62. The molecule has 4 rings (SSSR count). The lowest BCUT2D eigenvalue weighted by molar-refractivity contribution is -0.288. The van der Waals surface area contributed by atoms with Gasteiger partial charge in [-0.25, -0.2) is 4.79 Å².